The molecule has 0 unspecified atom stereocenters. The van der Waals surface area contributed by atoms with E-state index in [4.69, 9.17) is 9.47 Å². The molecule has 1 fully saturated rings. The molecule has 2 aromatic rings. The summed E-state index contributed by atoms with van der Waals surface area (Å²) in [6.45, 7) is 1.08. The number of piperidine rings is 1. The summed E-state index contributed by atoms with van der Waals surface area (Å²) >= 11 is 0. The maximum absolute atomic E-state index is 12.8. The third kappa shape index (κ3) is 4.41. The predicted octanol–water partition coefficient (Wildman–Crippen LogP) is 2.06. The lowest BCUT2D eigenvalue weighted by Crippen LogP contribution is -2.46. The SMILES string of the molecule is O=C(COc1ccc(F)cc1)N1CCC[C@H](Oc2cccnn2)C1. The molecular weight excluding hydrogens is 313 g/mol. The lowest BCUT2D eigenvalue weighted by Gasteiger charge is -2.32. The summed E-state index contributed by atoms with van der Waals surface area (Å²) in [6, 6.07) is 9.09. The molecule has 1 saturated heterocycles. The largest absolute Gasteiger partial charge is 0.484 e. The summed E-state index contributed by atoms with van der Waals surface area (Å²) in [4.78, 5) is 14.0. The predicted molar refractivity (Wildman–Crippen MR) is 84.2 cm³/mol. The molecule has 1 aliphatic rings. The number of halogens is 1. The van der Waals surface area contributed by atoms with Gasteiger partial charge in [0.25, 0.3) is 5.91 Å². The van der Waals surface area contributed by atoms with Gasteiger partial charge in [0, 0.05) is 18.8 Å². The molecule has 1 amide bonds. The van der Waals surface area contributed by atoms with E-state index in [1.54, 1.807) is 23.2 Å². The average Bonchev–Trinajstić information content (AvgIpc) is 2.62. The van der Waals surface area contributed by atoms with E-state index in [1.807, 2.05) is 0 Å². The first-order valence-electron chi connectivity index (χ1n) is 7.81. The van der Waals surface area contributed by atoms with E-state index in [9.17, 15) is 9.18 Å². The van der Waals surface area contributed by atoms with E-state index in [0.717, 1.165) is 12.8 Å². The van der Waals surface area contributed by atoms with E-state index in [0.29, 0.717) is 24.7 Å². The molecule has 6 nitrogen and oxygen atoms in total. The highest BCUT2D eigenvalue weighted by atomic mass is 19.1. The quantitative estimate of drug-likeness (QED) is 0.839. The minimum Gasteiger partial charge on any atom is -0.484 e. The summed E-state index contributed by atoms with van der Waals surface area (Å²) in [6.07, 6.45) is 3.19. The first-order chi connectivity index (χ1) is 11.7. The molecule has 0 bridgehead atoms. The second-order valence-corrected chi connectivity index (χ2v) is 5.53. The highest BCUT2D eigenvalue weighted by Crippen LogP contribution is 2.17. The Bertz CT molecular complexity index is 667. The minimum absolute atomic E-state index is 0.0799. The average molecular weight is 331 g/mol. The molecule has 1 aromatic heterocycles. The number of hydrogen-bond acceptors (Lipinski definition) is 5. The monoisotopic (exact) mass is 331 g/mol. The number of carbonyl (C=O) groups is 1. The fourth-order valence-electron chi connectivity index (χ4n) is 2.55. The van der Waals surface area contributed by atoms with Crippen molar-refractivity contribution in [2.45, 2.75) is 18.9 Å². The molecule has 126 valence electrons. The fourth-order valence-corrected chi connectivity index (χ4v) is 2.55. The summed E-state index contributed by atoms with van der Waals surface area (Å²) in [5, 5.41) is 7.67. The van der Waals surface area contributed by atoms with Gasteiger partial charge in [0.1, 0.15) is 17.7 Å². The normalized spacial score (nSPS) is 17.4. The van der Waals surface area contributed by atoms with Crippen molar-refractivity contribution in [3.8, 4) is 11.6 Å². The van der Waals surface area contributed by atoms with Crippen LogP contribution in [0.1, 0.15) is 12.8 Å². The van der Waals surface area contributed by atoms with E-state index < -0.39 is 0 Å². The Morgan fingerprint density at radius 1 is 1.29 bits per heavy atom. The van der Waals surface area contributed by atoms with Gasteiger partial charge in [-0.3, -0.25) is 4.79 Å². The topological polar surface area (TPSA) is 64.5 Å². The Labute approximate surface area is 139 Å². The van der Waals surface area contributed by atoms with Gasteiger partial charge in [0.05, 0.1) is 6.54 Å². The molecule has 0 N–H and O–H groups in total. The zero-order valence-corrected chi connectivity index (χ0v) is 13.1. The molecule has 1 atom stereocenters. The Morgan fingerprint density at radius 2 is 2.12 bits per heavy atom. The van der Waals surface area contributed by atoms with E-state index in [2.05, 4.69) is 10.2 Å². The maximum Gasteiger partial charge on any atom is 0.260 e. The Balaban J connectivity index is 1.50. The van der Waals surface area contributed by atoms with Crippen molar-refractivity contribution >= 4 is 5.91 Å². The van der Waals surface area contributed by atoms with Gasteiger partial charge in [-0.2, -0.15) is 5.10 Å². The van der Waals surface area contributed by atoms with Gasteiger partial charge in [-0.25, -0.2) is 4.39 Å². The second-order valence-electron chi connectivity index (χ2n) is 5.53. The minimum atomic E-state index is -0.339. The Hall–Kier alpha value is -2.70. The molecule has 24 heavy (non-hydrogen) atoms. The standard InChI is InChI=1S/C17H18FN3O3/c18-13-5-7-14(8-6-13)23-12-17(22)21-10-2-3-15(11-21)24-16-4-1-9-19-20-16/h1,4-9,15H,2-3,10-12H2/t15-/m0/s1. The van der Waals surface area contributed by atoms with Crippen LogP contribution in [-0.2, 0) is 4.79 Å². The summed E-state index contributed by atoms with van der Waals surface area (Å²) in [5.41, 5.74) is 0. The molecule has 2 heterocycles. The lowest BCUT2D eigenvalue weighted by atomic mass is 10.1. The van der Waals surface area contributed by atoms with Gasteiger partial charge in [-0.1, -0.05) is 0 Å². The smallest absolute Gasteiger partial charge is 0.260 e. The highest BCUT2D eigenvalue weighted by molar-refractivity contribution is 5.77. The van der Waals surface area contributed by atoms with Crippen molar-refractivity contribution in [1.29, 1.82) is 0 Å². The number of rotatable bonds is 5. The number of carbonyl (C=O) groups excluding carboxylic acids is 1. The number of nitrogens with zero attached hydrogens (tertiary/aromatic N) is 3. The molecule has 0 radical (unpaired) electrons. The molecule has 0 aliphatic carbocycles. The van der Waals surface area contributed by atoms with Crippen LogP contribution in [-0.4, -0.2) is 46.8 Å². The van der Waals surface area contributed by atoms with Crippen molar-refractivity contribution in [2.75, 3.05) is 19.7 Å². The summed E-state index contributed by atoms with van der Waals surface area (Å²) < 4.78 is 24.0. The van der Waals surface area contributed by atoms with Crippen LogP contribution >= 0.6 is 0 Å². The summed E-state index contributed by atoms with van der Waals surface area (Å²) in [7, 11) is 0. The van der Waals surface area contributed by atoms with Gasteiger partial charge in [-0.05, 0) is 43.2 Å². The van der Waals surface area contributed by atoms with Crippen LogP contribution in [0.3, 0.4) is 0 Å². The first-order valence-corrected chi connectivity index (χ1v) is 7.81. The van der Waals surface area contributed by atoms with Gasteiger partial charge < -0.3 is 14.4 Å². The number of amides is 1. The van der Waals surface area contributed by atoms with Crippen molar-refractivity contribution in [3.05, 3.63) is 48.4 Å². The van der Waals surface area contributed by atoms with Crippen LogP contribution in [0.15, 0.2) is 42.6 Å². The molecule has 1 aliphatic heterocycles. The number of hydrogen-bond donors (Lipinski definition) is 0. The molecule has 1 aromatic carbocycles. The zero-order valence-electron chi connectivity index (χ0n) is 13.1. The van der Waals surface area contributed by atoms with Gasteiger partial charge in [0.15, 0.2) is 6.61 Å². The Morgan fingerprint density at radius 3 is 2.88 bits per heavy atom. The van der Waals surface area contributed by atoms with Crippen LogP contribution < -0.4 is 9.47 Å². The fraction of sp³-hybridized carbons (Fsp3) is 0.353. The van der Waals surface area contributed by atoms with E-state index in [1.165, 1.54) is 24.3 Å². The molecule has 0 saturated carbocycles. The van der Waals surface area contributed by atoms with Crippen molar-refractivity contribution in [1.82, 2.24) is 15.1 Å². The van der Waals surface area contributed by atoms with Crippen LogP contribution in [0, 0.1) is 5.82 Å². The molecular formula is C17H18FN3O3. The maximum atomic E-state index is 12.8. The zero-order chi connectivity index (χ0) is 16.8. The number of likely N-dealkylation sites (tertiary alicyclic amines) is 1. The van der Waals surface area contributed by atoms with Gasteiger partial charge in [0.2, 0.25) is 5.88 Å². The molecule has 3 rings (SSSR count). The van der Waals surface area contributed by atoms with Crippen LogP contribution in [0.25, 0.3) is 0 Å². The third-order valence-corrected chi connectivity index (χ3v) is 3.74. The van der Waals surface area contributed by atoms with Crippen LogP contribution in [0.4, 0.5) is 4.39 Å². The summed E-state index contributed by atoms with van der Waals surface area (Å²) in [5.74, 6) is 0.467. The van der Waals surface area contributed by atoms with Gasteiger partial charge >= 0.3 is 0 Å². The first kappa shape index (κ1) is 16.2. The van der Waals surface area contributed by atoms with Crippen LogP contribution in [0.5, 0.6) is 11.6 Å². The van der Waals surface area contributed by atoms with Crippen molar-refractivity contribution in [3.63, 3.8) is 0 Å². The highest BCUT2D eigenvalue weighted by Gasteiger charge is 2.25. The van der Waals surface area contributed by atoms with E-state index in [-0.39, 0.29) is 24.4 Å². The van der Waals surface area contributed by atoms with Crippen molar-refractivity contribution < 1.29 is 18.7 Å². The van der Waals surface area contributed by atoms with Gasteiger partial charge in [-0.15, -0.1) is 5.10 Å². The number of benzene rings is 1. The number of aromatic nitrogens is 2. The van der Waals surface area contributed by atoms with E-state index >= 15 is 0 Å². The lowest BCUT2D eigenvalue weighted by molar-refractivity contribution is -0.136. The Kier molecular flexibility index (Phi) is 5.20. The third-order valence-electron chi connectivity index (χ3n) is 3.74. The number of ether oxygens (including phenoxy) is 2. The van der Waals surface area contributed by atoms with Crippen LogP contribution in [0.2, 0.25) is 0 Å². The van der Waals surface area contributed by atoms with Crippen molar-refractivity contribution in [2.24, 2.45) is 0 Å². The molecule has 0 spiro atoms. The second kappa shape index (κ2) is 7.72. The molecule has 7 heteroatoms.